The molecule has 0 bridgehead atoms. The summed E-state index contributed by atoms with van der Waals surface area (Å²) in [6, 6.07) is 19.9. The van der Waals surface area contributed by atoms with Crippen molar-refractivity contribution in [2.45, 2.75) is 17.9 Å². The van der Waals surface area contributed by atoms with Crippen molar-refractivity contribution in [3.05, 3.63) is 88.9 Å². The number of hydrogen-bond donors (Lipinski definition) is 0. The first-order valence-corrected chi connectivity index (χ1v) is 10.2. The Labute approximate surface area is 170 Å². The molecule has 3 rings (SSSR count). The number of benzene rings is 2. The van der Waals surface area contributed by atoms with Crippen LogP contribution in [0.5, 0.6) is 0 Å². The molecule has 2 aromatic carbocycles. The molecule has 0 saturated carbocycles. The zero-order valence-electron chi connectivity index (χ0n) is 14.5. The quantitative estimate of drug-likeness (QED) is 0.438. The van der Waals surface area contributed by atoms with Gasteiger partial charge in [0.15, 0.2) is 0 Å². The summed E-state index contributed by atoms with van der Waals surface area (Å²) in [7, 11) is 0. The van der Waals surface area contributed by atoms with Gasteiger partial charge < -0.3 is 4.90 Å². The molecule has 27 heavy (non-hydrogen) atoms. The van der Waals surface area contributed by atoms with Crippen LogP contribution in [0.15, 0.2) is 82.3 Å². The van der Waals surface area contributed by atoms with Crippen LogP contribution in [0, 0.1) is 5.82 Å². The van der Waals surface area contributed by atoms with E-state index in [4.69, 9.17) is 0 Å². The second-order valence-corrected chi connectivity index (χ2v) is 7.86. The normalized spacial score (nSPS) is 10.6. The lowest BCUT2D eigenvalue weighted by atomic mass is 10.2. The molecule has 0 spiro atoms. The third kappa shape index (κ3) is 5.65. The van der Waals surface area contributed by atoms with E-state index in [9.17, 15) is 9.18 Å². The fraction of sp³-hybridized carbons (Fsp3) is 0.143. The second kappa shape index (κ2) is 9.67. The van der Waals surface area contributed by atoms with E-state index < -0.39 is 0 Å². The van der Waals surface area contributed by atoms with Crippen molar-refractivity contribution in [3.8, 4) is 0 Å². The zero-order chi connectivity index (χ0) is 19.1. The molecule has 0 radical (unpaired) electrons. The highest BCUT2D eigenvalue weighted by molar-refractivity contribution is 9.10. The average Bonchev–Trinajstić information content (AvgIpc) is 2.69. The van der Waals surface area contributed by atoms with Crippen molar-refractivity contribution >= 4 is 39.3 Å². The van der Waals surface area contributed by atoms with Gasteiger partial charge in [0.1, 0.15) is 5.82 Å². The summed E-state index contributed by atoms with van der Waals surface area (Å²) in [5, 5.41) is 0. The van der Waals surface area contributed by atoms with Crippen molar-refractivity contribution in [1.29, 1.82) is 0 Å². The number of amides is 1. The predicted octanol–water partition coefficient (Wildman–Crippen LogP) is 5.70. The summed E-state index contributed by atoms with van der Waals surface area (Å²) < 4.78 is 14.7. The summed E-state index contributed by atoms with van der Waals surface area (Å²) in [5.74, 6) is 0.231. The van der Waals surface area contributed by atoms with E-state index in [1.807, 2.05) is 42.5 Å². The molecule has 0 saturated heterocycles. The summed E-state index contributed by atoms with van der Waals surface area (Å²) >= 11 is 4.77. The smallest absolute Gasteiger partial charge is 0.228 e. The number of pyridine rings is 1. The molecular weight excluding hydrogens is 427 g/mol. The maximum Gasteiger partial charge on any atom is 0.228 e. The van der Waals surface area contributed by atoms with Crippen molar-refractivity contribution in [2.75, 3.05) is 10.7 Å². The fourth-order valence-electron chi connectivity index (χ4n) is 2.54. The molecular formula is C21H18BrFN2OS. The van der Waals surface area contributed by atoms with Crippen molar-refractivity contribution in [3.63, 3.8) is 0 Å². The first-order chi connectivity index (χ1) is 13.1. The minimum Gasteiger partial charge on any atom is -0.306 e. The number of carbonyl (C=O) groups excluding carboxylic acids is 1. The first-order valence-electron chi connectivity index (χ1n) is 8.46. The number of nitrogens with zero attached hydrogens (tertiary/aromatic N) is 2. The van der Waals surface area contributed by atoms with Crippen LogP contribution < -0.4 is 4.90 Å². The number of thioether (sulfide) groups is 1. The maximum atomic E-state index is 13.7. The van der Waals surface area contributed by atoms with Crippen LogP contribution in [0.25, 0.3) is 0 Å². The van der Waals surface area contributed by atoms with Gasteiger partial charge in [-0.1, -0.05) is 34.1 Å². The maximum absolute atomic E-state index is 13.7. The molecule has 138 valence electrons. The van der Waals surface area contributed by atoms with E-state index in [0.29, 0.717) is 23.6 Å². The Balaban J connectivity index is 1.70. The van der Waals surface area contributed by atoms with Gasteiger partial charge in [-0.25, -0.2) is 4.39 Å². The Morgan fingerprint density at radius 2 is 1.78 bits per heavy atom. The largest absolute Gasteiger partial charge is 0.306 e. The molecule has 1 heterocycles. The second-order valence-electron chi connectivity index (χ2n) is 5.81. The molecule has 0 aliphatic heterocycles. The number of carbonyl (C=O) groups is 1. The Morgan fingerprint density at radius 3 is 2.48 bits per heavy atom. The van der Waals surface area contributed by atoms with Crippen molar-refractivity contribution in [2.24, 2.45) is 0 Å². The zero-order valence-corrected chi connectivity index (χ0v) is 16.9. The third-order valence-corrected chi connectivity index (χ3v) is 5.47. The number of rotatable bonds is 7. The van der Waals surface area contributed by atoms with Crippen molar-refractivity contribution < 1.29 is 9.18 Å². The van der Waals surface area contributed by atoms with E-state index in [0.717, 1.165) is 15.9 Å². The molecule has 1 amide bonds. The minimum absolute atomic E-state index is 0.0215. The lowest BCUT2D eigenvalue weighted by Crippen LogP contribution is -2.31. The molecule has 0 aliphatic rings. The number of hydrogen-bond acceptors (Lipinski definition) is 3. The van der Waals surface area contributed by atoms with Crippen molar-refractivity contribution in [1.82, 2.24) is 4.98 Å². The predicted molar refractivity (Wildman–Crippen MR) is 111 cm³/mol. The standard InChI is InChI=1S/C21H18BrFN2OS/c22-16-8-10-18(11-9-16)25(15-17-5-3-4-13-24-17)21(26)12-14-27-20-7-2-1-6-19(20)23/h1-11,13H,12,14-15H2. The Bertz CT molecular complexity index is 890. The highest BCUT2D eigenvalue weighted by Gasteiger charge is 2.17. The average molecular weight is 445 g/mol. The van der Waals surface area contributed by atoms with E-state index in [2.05, 4.69) is 20.9 Å². The van der Waals surface area contributed by atoms with Gasteiger partial charge in [0.25, 0.3) is 0 Å². The molecule has 0 N–H and O–H groups in total. The van der Waals surface area contributed by atoms with Gasteiger partial charge in [0.05, 0.1) is 12.2 Å². The van der Waals surface area contributed by atoms with E-state index >= 15 is 0 Å². The molecule has 0 atom stereocenters. The Kier molecular flexibility index (Phi) is 7.01. The fourth-order valence-corrected chi connectivity index (χ4v) is 3.68. The molecule has 0 aliphatic carbocycles. The Morgan fingerprint density at radius 1 is 1.04 bits per heavy atom. The summed E-state index contributed by atoms with van der Waals surface area (Å²) in [5.41, 5.74) is 1.63. The van der Waals surface area contributed by atoms with Gasteiger partial charge in [-0.05, 0) is 48.5 Å². The molecule has 6 heteroatoms. The minimum atomic E-state index is -0.256. The monoisotopic (exact) mass is 444 g/mol. The van der Waals surface area contributed by atoms with Gasteiger partial charge in [0.2, 0.25) is 5.91 Å². The van der Waals surface area contributed by atoms with Crippen LogP contribution in [0.3, 0.4) is 0 Å². The van der Waals surface area contributed by atoms with Gasteiger partial charge in [-0.15, -0.1) is 11.8 Å². The molecule has 1 aromatic heterocycles. The van der Waals surface area contributed by atoms with Gasteiger partial charge >= 0.3 is 0 Å². The molecule has 3 nitrogen and oxygen atoms in total. The Hall–Kier alpha value is -2.18. The third-order valence-electron chi connectivity index (χ3n) is 3.90. The van der Waals surface area contributed by atoms with Gasteiger partial charge in [-0.2, -0.15) is 0 Å². The van der Waals surface area contributed by atoms with Crippen LogP contribution >= 0.6 is 27.7 Å². The lowest BCUT2D eigenvalue weighted by Gasteiger charge is -2.23. The number of aromatic nitrogens is 1. The van der Waals surface area contributed by atoms with E-state index in [-0.39, 0.29) is 11.7 Å². The molecule has 3 aromatic rings. The molecule has 0 unspecified atom stereocenters. The lowest BCUT2D eigenvalue weighted by molar-refractivity contribution is -0.118. The van der Waals surface area contributed by atoms with Crippen LogP contribution in [0.2, 0.25) is 0 Å². The highest BCUT2D eigenvalue weighted by atomic mass is 79.9. The SMILES string of the molecule is O=C(CCSc1ccccc1F)N(Cc1ccccn1)c1ccc(Br)cc1. The highest BCUT2D eigenvalue weighted by Crippen LogP contribution is 2.24. The van der Waals surface area contributed by atoms with E-state index in [1.54, 1.807) is 29.3 Å². The number of halogens is 2. The van der Waals surface area contributed by atoms with Crippen LogP contribution in [0.1, 0.15) is 12.1 Å². The van der Waals surface area contributed by atoms with Crippen LogP contribution in [0.4, 0.5) is 10.1 Å². The number of anilines is 1. The topological polar surface area (TPSA) is 33.2 Å². The van der Waals surface area contributed by atoms with E-state index in [1.165, 1.54) is 17.8 Å². The summed E-state index contributed by atoms with van der Waals surface area (Å²) in [6.07, 6.45) is 2.02. The van der Waals surface area contributed by atoms with Crippen LogP contribution in [-0.4, -0.2) is 16.6 Å². The first kappa shape index (κ1) is 19.6. The summed E-state index contributed by atoms with van der Waals surface area (Å²) in [6.45, 7) is 0.395. The van der Waals surface area contributed by atoms with Gasteiger partial charge in [-0.3, -0.25) is 9.78 Å². The van der Waals surface area contributed by atoms with Gasteiger partial charge in [0, 0.05) is 33.4 Å². The van der Waals surface area contributed by atoms with Crippen LogP contribution in [-0.2, 0) is 11.3 Å². The summed E-state index contributed by atoms with van der Waals surface area (Å²) in [4.78, 5) is 19.5. The molecule has 0 fully saturated rings.